The van der Waals surface area contributed by atoms with E-state index in [1.807, 2.05) is 4.90 Å². The molecule has 2 amide bonds. The average molecular weight is 340 g/mol. The lowest BCUT2D eigenvalue weighted by Crippen LogP contribution is -2.49. The first-order valence-corrected chi connectivity index (χ1v) is 7.76. The second-order valence-electron chi connectivity index (χ2n) is 6.29. The number of hydrogen-bond donors (Lipinski definition) is 1. The van der Waals surface area contributed by atoms with Crippen molar-refractivity contribution in [2.45, 2.75) is 25.8 Å². The minimum Gasteiger partial charge on any atom is -0.345 e. The maximum absolute atomic E-state index is 12.7. The van der Waals surface area contributed by atoms with E-state index in [4.69, 9.17) is 5.73 Å². The number of rotatable bonds is 3. The van der Waals surface area contributed by atoms with Crippen LogP contribution >= 0.6 is 12.4 Å². The summed E-state index contributed by atoms with van der Waals surface area (Å²) in [5.41, 5.74) is 7.03. The molecule has 23 heavy (non-hydrogen) atoms. The summed E-state index contributed by atoms with van der Waals surface area (Å²) < 4.78 is 0. The fourth-order valence-corrected chi connectivity index (χ4v) is 2.92. The summed E-state index contributed by atoms with van der Waals surface area (Å²) in [6.07, 6.45) is 1.97. The minimum atomic E-state index is -0.0642. The number of carbonyl (C=O) groups excluding carboxylic acids is 2. The van der Waals surface area contributed by atoms with Gasteiger partial charge in [0, 0.05) is 44.4 Å². The van der Waals surface area contributed by atoms with Gasteiger partial charge in [0.2, 0.25) is 0 Å². The van der Waals surface area contributed by atoms with Gasteiger partial charge >= 0.3 is 0 Å². The minimum absolute atomic E-state index is 0. The summed E-state index contributed by atoms with van der Waals surface area (Å²) in [6.45, 7) is 3.44. The Bertz CT molecular complexity index is 545. The second-order valence-corrected chi connectivity index (χ2v) is 6.29. The van der Waals surface area contributed by atoms with E-state index < -0.39 is 0 Å². The zero-order valence-electron chi connectivity index (χ0n) is 14.0. The first kappa shape index (κ1) is 19.5. The number of benzene rings is 1. The van der Waals surface area contributed by atoms with Crippen LogP contribution in [0.4, 0.5) is 0 Å². The van der Waals surface area contributed by atoms with Crippen LogP contribution in [-0.4, -0.2) is 54.8 Å². The van der Waals surface area contributed by atoms with Crippen molar-refractivity contribution in [1.29, 1.82) is 0 Å². The number of hydrogen-bond acceptors (Lipinski definition) is 3. The standard InChI is InChI=1S/C17H25N3O2.ClH/c1-12-8-9-20(15(10-12)11-18)17(22)14-6-4-13(5-7-14)16(21)19(2)3;/h4-7,12,15H,8-11,18H2,1-3H3;1H. The molecule has 1 fully saturated rings. The molecule has 2 rings (SSSR count). The van der Waals surface area contributed by atoms with E-state index in [0.29, 0.717) is 23.6 Å². The SMILES string of the molecule is CC1CCN(C(=O)c2ccc(C(=O)N(C)C)cc2)C(CN)C1.Cl. The van der Waals surface area contributed by atoms with Crippen LogP contribution in [0.3, 0.4) is 0 Å². The lowest BCUT2D eigenvalue weighted by atomic mass is 9.92. The summed E-state index contributed by atoms with van der Waals surface area (Å²) in [4.78, 5) is 27.9. The predicted octanol–water partition coefficient (Wildman–Crippen LogP) is 2.01. The summed E-state index contributed by atoms with van der Waals surface area (Å²) in [5.74, 6) is 0.550. The van der Waals surface area contributed by atoms with Crippen molar-refractivity contribution in [2.75, 3.05) is 27.2 Å². The maximum Gasteiger partial charge on any atom is 0.254 e. The average Bonchev–Trinajstić information content (AvgIpc) is 2.53. The molecule has 1 aliphatic rings. The Kier molecular flexibility index (Phi) is 7.03. The highest BCUT2D eigenvalue weighted by Crippen LogP contribution is 2.23. The van der Waals surface area contributed by atoms with Crippen LogP contribution in [0, 0.1) is 5.92 Å². The van der Waals surface area contributed by atoms with Gasteiger partial charge < -0.3 is 15.5 Å². The van der Waals surface area contributed by atoms with Crippen molar-refractivity contribution < 1.29 is 9.59 Å². The zero-order chi connectivity index (χ0) is 16.3. The topological polar surface area (TPSA) is 66.6 Å². The number of nitrogens with two attached hydrogens (primary N) is 1. The molecule has 0 radical (unpaired) electrons. The van der Waals surface area contributed by atoms with Gasteiger partial charge in [-0.3, -0.25) is 9.59 Å². The van der Waals surface area contributed by atoms with E-state index in [-0.39, 0.29) is 30.3 Å². The van der Waals surface area contributed by atoms with Gasteiger partial charge in [-0.05, 0) is 43.0 Å². The third-order valence-corrected chi connectivity index (χ3v) is 4.30. The molecule has 1 aliphatic heterocycles. The first-order valence-electron chi connectivity index (χ1n) is 7.76. The molecular weight excluding hydrogens is 314 g/mol. The molecule has 2 atom stereocenters. The summed E-state index contributed by atoms with van der Waals surface area (Å²) in [5, 5.41) is 0. The van der Waals surface area contributed by atoms with Gasteiger partial charge in [0.25, 0.3) is 11.8 Å². The second kappa shape index (κ2) is 8.31. The smallest absolute Gasteiger partial charge is 0.254 e. The zero-order valence-corrected chi connectivity index (χ0v) is 14.8. The fraction of sp³-hybridized carbons (Fsp3) is 0.529. The highest BCUT2D eigenvalue weighted by Gasteiger charge is 2.29. The summed E-state index contributed by atoms with van der Waals surface area (Å²) in [7, 11) is 3.42. The molecule has 1 heterocycles. The van der Waals surface area contributed by atoms with E-state index in [2.05, 4.69) is 6.92 Å². The molecule has 128 valence electrons. The van der Waals surface area contributed by atoms with Crippen molar-refractivity contribution in [3.05, 3.63) is 35.4 Å². The number of nitrogens with zero attached hydrogens (tertiary/aromatic N) is 2. The van der Waals surface area contributed by atoms with Gasteiger partial charge in [0.1, 0.15) is 0 Å². The monoisotopic (exact) mass is 339 g/mol. The van der Waals surface area contributed by atoms with Gasteiger partial charge in [-0.1, -0.05) is 6.92 Å². The van der Waals surface area contributed by atoms with Gasteiger partial charge in [0.05, 0.1) is 0 Å². The number of piperidine rings is 1. The van der Waals surface area contributed by atoms with Crippen LogP contribution in [-0.2, 0) is 0 Å². The molecule has 6 heteroatoms. The van der Waals surface area contributed by atoms with Crippen LogP contribution in [0.2, 0.25) is 0 Å². The Morgan fingerprint density at radius 2 is 1.78 bits per heavy atom. The lowest BCUT2D eigenvalue weighted by molar-refractivity contribution is 0.0573. The molecule has 1 aromatic carbocycles. The molecule has 1 saturated heterocycles. The van der Waals surface area contributed by atoms with Crippen molar-refractivity contribution in [3.8, 4) is 0 Å². The van der Waals surface area contributed by atoms with Crippen molar-refractivity contribution >= 4 is 24.2 Å². The summed E-state index contributed by atoms with van der Waals surface area (Å²) >= 11 is 0. The van der Waals surface area contributed by atoms with Crippen LogP contribution in [0.15, 0.2) is 24.3 Å². The van der Waals surface area contributed by atoms with Crippen LogP contribution in [0.5, 0.6) is 0 Å². The van der Waals surface area contributed by atoms with E-state index in [1.165, 1.54) is 4.90 Å². The van der Waals surface area contributed by atoms with Crippen LogP contribution in [0.25, 0.3) is 0 Å². The third-order valence-electron chi connectivity index (χ3n) is 4.30. The quantitative estimate of drug-likeness (QED) is 0.916. The molecule has 2 unspecified atom stereocenters. The van der Waals surface area contributed by atoms with Crippen molar-refractivity contribution in [1.82, 2.24) is 9.80 Å². The molecular formula is C17H26ClN3O2. The highest BCUT2D eigenvalue weighted by molar-refractivity contribution is 5.97. The van der Waals surface area contributed by atoms with E-state index >= 15 is 0 Å². The molecule has 0 spiro atoms. The Labute approximate surface area is 144 Å². The molecule has 0 aromatic heterocycles. The van der Waals surface area contributed by atoms with E-state index in [9.17, 15) is 9.59 Å². The van der Waals surface area contributed by atoms with E-state index in [1.54, 1.807) is 38.4 Å². The molecule has 1 aromatic rings. The fourth-order valence-electron chi connectivity index (χ4n) is 2.92. The van der Waals surface area contributed by atoms with E-state index in [0.717, 1.165) is 19.4 Å². The normalized spacial score (nSPS) is 20.6. The molecule has 0 aliphatic carbocycles. The molecule has 2 N–H and O–H groups in total. The summed E-state index contributed by atoms with van der Waals surface area (Å²) in [6, 6.07) is 6.98. The Balaban J connectivity index is 0.00000264. The van der Waals surface area contributed by atoms with Crippen LogP contribution in [0.1, 0.15) is 40.5 Å². The van der Waals surface area contributed by atoms with Crippen LogP contribution < -0.4 is 5.73 Å². The first-order chi connectivity index (χ1) is 10.4. The molecule has 0 bridgehead atoms. The van der Waals surface area contributed by atoms with Gasteiger partial charge in [-0.25, -0.2) is 0 Å². The number of amides is 2. The third kappa shape index (κ3) is 4.45. The number of halogens is 1. The maximum atomic E-state index is 12.7. The van der Waals surface area contributed by atoms with Gasteiger partial charge in [0.15, 0.2) is 0 Å². The Hall–Kier alpha value is -1.59. The molecule has 5 nitrogen and oxygen atoms in total. The largest absolute Gasteiger partial charge is 0.345 e. The lowest BCUT2D eigenvalue weighted by Gasteiger charge is -2.38. The van der Waals surface area contributed by atoms with Gasteiger partial charge in [-0.15, -0.1) is 12.4 Å². The number of carbonyl (C=O) groups is 2. The van der Waals surface area contributed by atoms with Crippen molar-refractivity contribution in [2.24, 2.45) is 11.7 Å². The Morgan fingerprint density at radius 3 is 2.30 bits per heavy atom. The molecule has 0 saturated carbocycles. The predicted molar refractivity (Wildman–Crippen MR) is 94.0 cm³/mol. The number of likely N-dealkylation sites (tertiary alicyclic amines) is 1. The highest BCUT2D eigenvalue weighted by atomic mass is 35.5. The Morgan fingerprint density at radius 1 is 1.22 bits per heavy atom. The van der Waals surface area contributed by atoms with Crippen molar-refractivity contribution in [3.63, 3.8) is 0 Å². The van der Waals surface area contributed by atoms with Gasteiger partial charge in [-0.2, -0.15) is 0 Å².